The zero-order chi connectivity index (χ0) is 22.2. The molecule has 1 aromatic heterocycles. The molecule has 1 aliphatic rings. The molecule has 1 fully saturated rings. The second kappa shape index (κ2) is 8.04. The van der Waals surface area contributed by atoms with E-state index in [-0.39, 0.29) is 6.54 Å². The highest BCUT2D eigenvalue weighted by Crippen LogP contribution is 2.38. The van der Waals surface area contributed by atoms with Crippen molar-refractivity contribution < 1.29 is 18.8 Å². The van der Waals surface area contributed by atoms with E-state index in [1.165, 1.54) is 0 Å². The van der Waals surface area contributed by atoms with E-state index >= 15 is 0 Å². The summed E-state index contributed by atoms with van der Waals surface area (Å²) in [5.74, 6) is 0. The van der Waals surface area contributed by atoms with Crippen LogP contribution in [0.4, 0.5) is 4.79 Å². The van der Waals surface area contributed by atoms with Crippen LogP contribution in [0.15, 0.2) is 42.1 Å². The van der Waals surface area contributed by atoms with Crippen molar-refractivity contribution in [3.05, 3.63) is 47.7 Å². The predicted octanol–water partition coefficient (Wildman–Crippen LogP) is 4.77. The first-order valence-corrected chi connectivity index (χ1v) is 10.2. The largest absolute Gasteiger partial charge is 0.492 e. The van der Waals surface area contributed by atoms with E-state index in [0.29, 0.717) is 0 Å². The number of aromatic nitrogens is 1. The van der Waals surface area contributed by atoms with Crippen molar-refractivity contribution in [1.29, 1.82) is 0 Å². The second-order valence-corrected chi connectivity index (χ2v) is 9.65. The van der Waals surface area contributed by atoms with E-state index in [4.69, 9.17) is 14.0 Å². The number of benzene rings is 1. The molecule has 0 bridgehead atoms. The summed E-state index contributed by atoms with van der Waals surface area (Å²) < 4.78 is 17.8. The first-order valence-electron chi connectivity index (χ1n) is 10.2. The molecule has 1 aromatic carbocycles. The number of rotatable bonds is 4. The SMILES string of the molecule is CC(C)(C)OC(=O)NCC(=Cc1ccc2cnccc2c1)B1OC(C)(C)C(C)(C)O1. The summed E-state index contributed by atoms with van der Waals surface area (Å²) in [6.07, 6.45) is 5.13. The molecule has 1 N–H and O–H groups in total. The molecular weight excluding hydrogens is 379 g/mol. The molecule has 0 spiro atoms. The predicted molar refractivity (Wildman–Crippen MR) is 120 cm³/mol. The minimum absolute atomic E-state index is 0.250. The van der Waals surface area contributed by atoms with Crippen LogP contribution in [0.5, 0.6) is 0 Å². The Balaban J connectivity index is 1.88. The number of fused-ring (bicyclic) bond motifs is 1. The van der Waals surface area contributed by atoms with Crippen LogP contribution in [-0.4, -0.2) is 41.5 Å². The fourth-order valence-corrected chi connectivity index (χ4v) is 3.09. The fraction of sp³-hybridized carbons (Fsp3) is 0.478. The smallest absolute Gasteiger partial charge is 0.444 e. The van der Waals surface area contributed by atoms with Gasteiger partial charge in [-0.1, -0.05) is 18.2 Å². The quantitative estimate of drug-likeness (QED) is 0.735. The van der Waals surface area contributed by atoms with E-state index in [1.54, 1.807) is 6.20 Å². The van der Waals surface area contributed by atoms with Crippen LogP contribution in [0.1, 0.15) is 54.0 Å². The summed E-state index contributed by atoms with van der Waals surface area (Å²) in [6.45, 7) is 13.8. The van der Waals surface area contributed by atoms with Crippen LogP contribution in [0, 0.1) is 0 Å². The Kier molecular flexibility index (Phi) is 5.98. The number of carbonyl (C=O) groups is 1. The molecule has 30 heavy (non-hydrogen) atoms. The van der Waals surface area contributed by atoms with Gasteiger partial charge in [-0.05, 0) is 77.0 Å². The van der Waals surface area contributed by atoms with Crippen LogP contribution in [0.25, 0.3) is 16.8 Å². The van der Waals surface area contributed by atoms with Crippen LogP contribution in [0.3, 0.4) is 0 Å². The third-order valence-corrected chi connectivity index (χ3v) is 5.41. The number of pyridine rings is 1. The highest BCUT2D eigenvalue weighted by molar-refractivity contribution is 6.56. The van der Waals surface area contributed by atoms with Crippen LogP contribution in [-0.2, 0) is 14.0 Å². The van der Waals surface area contributed by atoms with Gasteiger partial charge in [-0.3, -0.25) is 4.98 Å². The average molecular weight is 410 g/mol. The third-order valence-electron chi connectivity index (χ3n) is 5.41. The number of amides is 1. The van der Waals surface area contributed by atoms with Crippen molar-refractivity contribution in [3.8, 4) is 0 Å². The lowest BCUT2D eigenvalue weighted by Gasteiger charge is -2.32. The number of nitrogens with zero attached hydrogens (tertiary/aromatic N) is 1. The lowest BCUT2D eigenvalue weighted by Crippen LogP contribution is -2.41. The molecule has 2 aromatic rings. The van der Waals surface area contributed by atoms with Crippen molar-refractivity contribution in [1.82, 2.24) is 10.3 Å². The van der Waals surface area contributed by atoms with Gasteiger partial charge in [-0.2, -0.15) is 0 Å². The van der Waals surface area contributed by atoms with Crippen molar-refractivity contribution in [2.45, 2.75) is 65.3 Å². The Bertz CT molecular complexity index is 947. The molecule has 3 rings (SSSR count). The minimum Gasteiger partial charge on any atom is -0.444 e. The van der Waals surface area contributed by atoms with Gasteiger partial charge in [-0.25, -0.2) is 4.79 Å². The van der Waals surface area contributed by atoms with Crippen molar-refractivity contribution in [2.24, 2.45) is 0 Å². The van der Waals surface area contributed by atoms with Gasteiger partial charge in [0.2, 0.25) is 0 Å². The maximum atomic E-state index is 12.2. The lowest BCUT2D eigenvalue weighted by atomic mass is 9.77. The van der Waals surface area contributed by atoms with E-state index < -0.39 is 30.0 Å². The lowest BCUT2D eigenvalue weighted by molar-refractivity contribution is 0.00578. The number of carbonyl (C=O) groups excluding carboxylic acids is 1. The molecule has 1 aliphatic heterocycles. The summed E-state index contributed by atoms with van der Waals surface area (Å²) in [7, 11) is -0.571. The standard InChI is InChI=1S/C23H31BN2O4/c1-21(2,3)28-20(27)26-15-19(24-29-22(4,5)23(6,7)30-24)13-16-8-9-18-14-25-11-10-17(18)12-16/h8-14H,15H2,1-7H3,(H,26,27). The Hall–Kier alpha value is -2.38. The topological polar surface area (TPSA) is 69.7 Å². The summed E-state index contributed by atoms with van der Waals surface area (Å²) in [6, 6.07) is 8.09. The molecule has 0 unspecified atom stereocenters. The first-order chi connectivity index (χ1) is 13.9. The highest BCUT2D eigenvalue weighted by atomic mass is 16.7. The van der Waals surface area contributed by atoms with Crippen molar-refractivity contribution >= 4 is 30.1 Å². The molecule has 2 heterocycles. The Labute approximate surface area is 179 Å². The summed E-state index contributed by atoms with van der Waals surface area (Å²) >= 11 is 0. The molecule has 160 valence electrons. The molecule has 1 amide bonds. The van der Waals surface area contributed by atoms with E-state index in [2.05, 4.69) is 16.4 Å². The summed E-state index contributed by atoms with van der Waals surface area (Å²) in [5.41, 5.74) is 0.289. The summed E-state index contributed by atoms with van der Waals surface area (Å²) in [5, 5.41) is 4.99. The van der Waals surface area contributed by atoms with Gasteiger partial charge in [0, 0.05) is 24.3 Å². The number of alkyl carbamates (subject to hydrolysis) is 1. The van der Waals surface area contributed by atoms with Crippen molar-refractivity contribution in [3.63, 3.8) is 0 Å². The maximum absolute atomic E-state index is 12.2. The average Bonchev–Trinajstić information content (AvgIpc) is 2.84. The van der Waals surface area contributed by atoms with Crippen LogP contribution in [0.2, 0.25) is 0 Å². The minimum atomic E-state index is -0.571. The number of hydrogen-bond acceptors (Lipinski definition) is 5. The van der Waals surface area contributed by atoms with Gasteiger partial charge in [-0.15, -0.1) is 0 Å². The van der Waals surface area contributed by atoms with Crippen LogP contribution < -0.4 is 5.32 Å². The number of nitrogens with one attached hydrogen (secondary N) is 1. The maximum Gasteiger partial charge on any atom is 0.492 e. The monoisotopic (exact) mass is 410 g/mol. The van der Waals surface area contributed by atoms with Gasteiger partial charge in [0.25, 0.3) is 0 Å². The molecule has 0 aliphatic carbocycles. The van der Waals surface area contributed by atoms with Gasteiger partial charge in [0.05, 0.1) is 11.2 Å². The van der Waals surface area contributed by atoms with Crippen molar-refractivity contribution in [2.75, 3.05) is 6.54 Å². The molecular formula is C23H31BN2O4. The molecule has 0 saturated carbocycles. The van der Waals surface area contributed by atoms with Gasteiger partial charge < -0.3 is 19.4 Å². The van der Waals surface area contributed by atoms with Gasteiger partial charge in [0.1, 0.15) is 5.60 Å². The number of ether oxygens (including phenoxy) is 1. The molecule has 7 heteroatoms. The molecule has 6 nitrogen and oxygen atoms in total. The molecule has 0 radical (unpaired) electrons. The van der Waals surface area contributed by atoms with Gasteiger partial charge >= 0.3 is 13.2 Å². The van der Waals surface area contributed by atoms with E-state index in [9.17, 15) is 4.79 Å². The molecule has 1 saturated heterocycles. The third kappa shape index (κ3) is 5.21. The number of hydrogen-bond donors (Lipinski definition) is 1. The Morgan fingerprint density at radius 1 is 1.13 bits per heavy atom. The zero-order valence-corrected chi connectivity index (χ0v) is 18.9. The van der Waals surface area contributed by atoms with E-state index in [0.717, 1.165) is 21.8 Å². The normalized spacial score (nSPS) is 18.5. The highest BCUT2D eigenvalue weighted by Gasteiger charge is 2.52. The summed E-state index contributed by atoms with van der Waals surface area (Å²) in [4.78, 5) is 16.4. The zero-order valence-electron chi connectivity index (χ0n) is 18.9. The first kappa shape index (κ1) is 22.3. The van der Waals surface area contributed by atoms with Gasteiger partial charge in [0.15, 0.2) is 0 Å². The van der Waals surface area contributed by atoms with E-state index in [1.807, 2.05) is 78.9 Å². The Morgan fingerprint density at radius 3 is 2.43 bits per heavy atom. The fourth-order valence-electron chi connectivity index (χ4n) is 3.09. The molecule has 0 atom stereocenters. The second-order valence-electron chi connectivity index (χ2n) is 9.65. The Morgan fingerprint density at radius 2 is 1.80 bits per heavy atom. The van der Waals surface area contributed by atoms with Crippen LogP contribution >= 0.6 is 0 Å².